The number of allylic oxidation sites excluding steroid dienone is 1. The molecule has 4 rings (SSSR count). The van der Waals surface area contributed by atoms with Gasteiger partial charge in [0.15, 0.2) is 12.6 Å². The third kappa shape index (κ3) is 8.92. The fourth-order valence-corrected chi connectivity index (χ4v) is 7.34. The standard InChI is InChI=1S/C34H52O9/c1-4-5-6-7-8-14-27(42-30-16-9-11-18-39-30)24(2)32-26-21-25(35)22-34(26,33(37)41-20-13-15-29(36)38-3)23-28(32)43-31-17-10-12-19-40-31/h13,15,26,28,30-32H,4-12,14,16-23H2,1-3H3/b15-13+,27-24+/t26-,28?,30?,31?,32?,34-/m0/s1. The summed E-state index contributed by atoms with van der Waals surface area (Å²) in [5.41, 5.74) is 0.0557. The molecule has 2 heterocycles. The predicted molar refractivity (Wildman–Crippen MR) is 160 cm³/mol. The highest BCUT2D eigenvalue weighted by atomic mass is 16.7. The van der Waals surface area contributed by atoms with Crippen LogP contribution >= 0.6 is 0 Å². The molecule has 0 aromatic rings. The predicted octanol–water partition coefficient (Wildman–Crippen LogP) is 6.33. The maximum Gasteiger partial charge on any atom is 0.330 e. The molecule has 0 spiro atoms. The monoisotopic (exact) mass is 604 g/mol. The number of ketones is 1. The largest absolute Gasteiger partial charge is 0.469 e. The van der Waals surface area contributed by atoms with Crippen molar-refractivity contribution in [2.75, 3.05) is 26.9 Å². The molecule has 6 atom stereocenters. The van der Waals surface area contributed by atoms with Gasteiger partial charge in [-0.1, -0.05) is 32.6 Å². The molecule has 43 heavy (non-hydrogen) atoms. The molecular weight excluding hydrogens is 552 g/mol. The van der Waals surface area contributed by atoms with Crippen LogP contribution < -0.4 is 0 Å². The van der Waals surface area contributed by atoms with E-state index in [4.69, 9.17) is 23.7 Å². The van der Waals surface area contributed by atoms with Crippen molar-refractivity contribution >= 4 is 17.7 Å². The summed E-state index contributed by atoms with van der Waals surface area (Å²) < 4.78 is 35.5. The van der Waals surface area contributed by atoms with Crippen LogP contribution in [0.15, 0.2) is 23.5 Å². The van der Waals surface area contributed by atoms with E-state index in [0.29, 0.717) is 26.1 Å². The van der Waals surface area contributed by atoms with E-state index in [9.17, 15) is 14.4 Å². The lowest BCUT2D eigenvalue weighted by Crippen LogP contribution is -2.34. The lowest BCUT2D eigenvalue weighted by Gasteiger charge is -2.33. The van der Waals surface area contributed by atoms with Crippen molar-refractivity contribution in [2.24, 2.45) is 17.3 Å². The SMILES string of the molecule is CCCCCCC/C(OC1CCCCO1)=C(/C)C1C(OC2CCCCO2)C[C@@]2(C(=O)OC/C=C/C(=O)OC)CC(=O)C[C@@H]12. The van der Waals surface area contributed by atoms with Gasteiger partial charge in [-0.25, -0.2) is 4.79 Å². The molecule has 0 aromatic heterocycles. The molecule has 0 radical (unpaired) electrons. The highest BCUT2D eigenvalue weighted by molar-refractivity contribution is 5.92. The first kappa shape index (κ1) is 33.7. The number of esters is 2. The Morgan fingerprint density at radius 2 is 1.72 bits per heavy atom. The number of hydrogen-bond acceptors (Lipinski definition) is 9. The van der Waals surface area contributed by atoms with Crippen molar-refractivity contribution in [1.29, 1.82) is 0 Å². The molecule has 4 unspecified atom stereocenters. The molecule has 242 valence electrons. The van der Waals surface area contributed by atoms with Crippen LogP contribution in [0.5, 0.6) is 0 Å². The second-order valence-corrected chi connectivity index (χ2v) is 12.6. The zero-order chi connectivity index (χ0) is 30.7. The van der Waals surface area contributed by atoms with Gasteiger partial charge >= 0.3 is 11.9 Å². The Bertz CT molecular complexity index is 992. The first-order valence-corrected chi connectivity index (χ1v) is 16.6. The molecule has 2 aliphatic carbocycles. The van der Waals surface area contributed by atoms with E-state index in [1.54, 1.807) is 0 Å². The second kappa shape index (κ2) is 16.7. The first-order chi connectivity index (χ1) is 20.9. The number of fused-ring (bicyclic) bond motifs is 1. The fourth-order valence-electron chi connectivity index (χ4n) is 7.34. The van der Waals surface area contributed by atoms with Gasteiger partial charge in [-0.2, -0.15) is 0 Å². The number of methoxy groups -OCH3 is 1. The summed E-state index contributed by atoms with van der Waals surface area (Å²) in [5, 5.41) is 0. The Morgan fingerprint density at radius 3 is 2.40 bits per heavy atom. The molecule has 9 heteroatoms. The van der Waals surface area contributed by atoms with Crippen LogP contribution in [0.3, 0.4) is 0 Å². The number of carbonyl (C=O) groups is 3. The minimum absolute atomic E-state index is 0.0647. The van der Waals surface area contributed by atoms with E-state index >= 15 is 0 Å². The molecule has 2 aliphatic heterocycles. The highest BCUT2D eigenvalue weighted by Crippen LogP contribution is 2.60. The third-order valence-electron chi connectivity index (χ3n) is 9.57. The number of ether oxygens (including phenoxy) is 6. The number of unbranched alkanes of at least 4 members (excludes halogenated alkanes) is 4. The van der Waals surface area contributed by atoms with Gasteiger partial charge in [0.2, 0.25) is 0 Å². The van der Waals surface area contributed by atoms with Crippen LogP contribution in [-0.2, 0) is 42.8 Å². The summed E-state index contributed by atoms with van der Waals surface area (Å²) in [4.78, 5) is 38.3. The van der Waals surface area contributed by atoms with E-state index in [0.717, 1.165) is 69.1 Å². The highest BCUT2D eigenvalue weighted by Gasteiger charge is 2.64. The molecular formula is C34H52O9. The third-order valence-corrected chi connectivity index (χ3v) is 9.57. The molecule has 0 N–H and O–H groups in total. The maximum atomic E-state index is 13.8. The van der Waals surface area contributed by atoms with Crippen LogP contribution in [0, 0.1) is 17.3 Å². The van der Waals surface area contributed by atoms with E-state index in [2.05, 4.69) is 18.6 Å². The van der Waals surface area contributed by atoms with Crippen molar-refractivity contribution in [3.63, 3.8) is 0 Å². The van der Waals surface area contributed by atoms with Crippen LogP contribution in [0.4, 0.5) is 0 Å². The average Bonchev–Trinajstić information content (AvgIpc) is 3.50. The van der Waals surface area contributed by atoms with E-state index in [1.807, 2.05) is 0 Å². The zero-order valence-corrected chi connectivity index (χ0v) is 26.4. The summed E-state index contributed by atoms with van der Waals surface area (Å²) in [6, 6.07) is 0. The number of hydrogen-bond donors (Lipinski definition) is 0. The van der Waals surface area contributed by atoms with Crippen molar-refractivity contribution in [3.05, 3.63) is 23.5 Å². The van der Waals surface area contributed by atoms with Crippen LogP contribution in [-0.4, -0.2) is 63.3 Å². The molecule has 4 fully saturated rings. The molecule has 2 saturated heterocycles. The van der Waals surface area contributed by atoms with Crippen LogP contribution in [0.25, 0.3) is 0 Å². The van der Waals surface area contributed by atoms with Gasteiger partial charge in [-0.05, 0) is 69.4 Å². The van der Waals surface area contributed by atoms with E-state index in [1.165, 1.54) is 38.5 Å². The zero-order valence-electron chi connectivity index (χ0n) is 26.4. The quantitative estimate of drug-likeness (QED) is 0.0917. The minimum atomic E-state index is -0.991. The topological polar surface area (TPSA) is 107 Å². The Balaban J connectivity index is 1.62. The summed E-state index contributed by atoms with van der Waals surface area (Å²) in [6.07, 6.45) is 14.9. The normalized spacial score (nSPS) is 31.5. The van der Waals surface area contributed by atoms with Gasteiger partial charge < -0.3 is 28.4 Å². The minimum Gasteiger partial charge on any atom is -0.469 e. The van der Waals surface area contributed by atoms with Crippen molar-refractivity contribution in [3.8, 4) is 0 Å². The van der Waals surface area contributed by atoms with Gasteiger partial charge in [0.05, 0.1) is 31.0 Å². The number of rotatable bonds is 15. The lowest BCUT2D eigenvalue weighted by molar-refractivity contribution is -0.195. The summed E-state index contributed by atoms with van der Waals surface area (Å²) in [6.45, 7) is 5.58. The van der Waals surface area contributed by atoms with Gasteiger partial charge in [0.25, 0.3) is 0 Å². The summed E-state index contributed by atoms with van der Waals surface area (Å²) in [7, 11) is 1.29. The van der Waals surface area contributed by atoms with Gasteiger partial charge in [-0.3, -0.25) is 9.59 Å². The van der Waals surface area contributed by atoms with E-state index < -0.39 is 17.4 Å². The number of carbonyl (C=O) groups excluding carboxylic acids is 3. The summed E-state index contributed by atoms with van der Waals surface area (Å²) in [5.74, 6) is -0.411. The Hall–Kier alpha value is -2.23. The average molecular weight is 605 g/mol. The van der Waals surface area contributed by atoms with Crippen LogP contribution in [0.2, 0.25) is 0 Å². The van der Waals surface area contributed by atoms with Crippen molar-refractivity contribution < 1.29 is 42.8 Å². The Labute approximate surface area is 257 Å². The van der Waals surface area contributed by atoms with Gasteiger partial charge in [-0.15, -0.1) is 0 Å². The Kier molecular flexibility index (Phi) is 13.1. The lowest BCUT2D eigenvalue weighted by atomic mass is 9.76. The maximum absolute atomic E-state index is 13.8. The van der Waals surface area contributed by atoms with Crippen molar-refractivity contribution in [1.82, 2.24) is 0 Å². The molecule has 0 bridgehead atoms. The Morgan fingerprint density at radius 1 is 1.00 bits per heavy atom. The molecule has 0 aromatic carbocycles. The molecule has 4 aliphatic rings. The molecule has 0 amide bonds. The molecule has 9 nitrogen and oxygen atoms in total. The summed E-state index contributed by atoms with van der Waals surface area (Å²) >= 11 is 0. The second-order valence-electron chi connectivity index (χ2n) is 12.6. The first-order valence-electron chi connectivity index (χ1n) is 16.6. The number of Topliss-reactive ketones (excluding diaryl/α,β-unsaturated/α-hetero) is 1. The van der Waals surface area contributed by atoms with E-state index in [-0.39, 0.29) is 49.3 Å². The van der Waals surface area contributed by atoms with Crippen molar-refractivity contribution in [2.45, 2.75) is 129 Å². The smallest absolute Gasteiger partial charge is 0.330 e. The fraction of sp³-hybridized carbons (Fsp3) is 0.794. The molecule has 2 saturated carbocycles. The van der Waals surface area contributed by atoms with Gasteiger partial charge in [0.1, 0.15) is 12.4 Å². The van der Waals surface area contributed by atoms with Gasteiger partial charge in [0, 0.05) is 44.3 Å². The van der Waals surface area contributed by atoms with Crippen LogP contribution in [0.1, 0.15) is 110 Å².